The van der Waals surface area contributed by atoms with Gasteiger partial charge in [-0.1, -0.05) is 19.9 Å². The summed E-state index contributed by atoms with van der Waals surface area (Å²) in [6.07, 6.45) is 3.06. The van der Waals surface area contributed by atoms with E-state index in [-0.39, 0.29) is 18.9 Å². The highest BCUT2D eigenvalue weighted by Gasteiger charge is 2.23. The first-order chi connectivity index (χ1) is 11.7. The van der Waals surface area contributed by atoms with Gasteiger partial charge < -0.3 is 9.64 Å². The molecular weight excluding hydrogens is 340 g/mol. The molecule has 1 rings (SSSR count). The number of hydrogen-bond donors (Lipinski definition) is 0. The van der Waals surface area contributed by atoms with E-state index in [0.29, 0.717) is 24.5 Å². The summed E-state index contributed by atoms with van der Waals surface area (Å²) in [4.78, 5) is 14.3. The lowest BCUT2D eigenvalue weighted by atomic mass is 10.2. The van der Waals surface area contributed by atoms with Crippen LogP contribution in [0.5, 0.6) is 5.75 Å². The van der Waals surface area contributed by atoms with Crippen LogP contribution >= 0.6 is 0 Å². The van der Waals surface area contributed by atoms with Gasteiger partial charge in [0.1, 0.15) is 5.75 Å². The number of aryl methyl sites for hydroxylation is 1. The van der Waals surface area contributed by atoms with Crippen LogP contribution in [0.1, 0.15) is 38.7 Å². The minimum absolute atomic E-state index is 0.0241. The predicted octanol–water partition coefficient (Wildman–Crippen LogP) is 2.81. The van der Waals surface area contributed by atoms with Gasteiger partial charge >= 0.3 is 0 Å². The van der Waals surface area contributed by atoms with E-state index in [9.17, 15) is 13.2 Å². The molecule has 6 nitrogen and oxygen atoms in total. The molecule has 1 aromatic carbocycles. The number of rotatable bonds is 10. The van der Waals surface area contributed by atoms with E-state index >= 15 is 0 Å². The summed E-state index contributed by atoms with van der Waals surface area (Å²) in [6.45, 7) is 7.42. The minimum atomic E-state index is -3.53. The van der Waals surface area contributed by atoms with Crippen molar-refractivity contribution in [1.29, 1.82) is 0 Å². The number of carbonyl (C=O) groups is 1. The standard InChI is InChI=1S/C18H30N2O4S/c1-6-11-19(12-7-2)18(21)10-13-20(25(5,22)23)16-14-15(3)8-9-17(16)24-4/h8-9,14H,6-7,10-13H2,1-5H3. The Hall–Kier alpha value is -1.76. The Bertz CT molecular complexity index is 668. The maximum atomic E-state index is 12.5. The molecule has 7 heteroatoms. The van der Waals surface area contributed by atoms with Crippen molar-refractivity contribution in [2.45, 2.75) is 40.0 Å². The van der Waals surface area contributed by atoms with E-state index in [4.69, 9.17) is 4.74 Å². The number of carbonyl (C=O) groups excluding carboxylic acids is 1. The molecule has 0 saturated heterocycles. The van der Waals surface area contributed by atoms with Crippen molar-refractivity contribution in [2.24, 2.45) is 0 Å². The van der Waals surface area contributed by atoms with E-state index in [1.165, 1.54) is 11.4 Å². The average Bonchev–Trinajstić information content (AvgIpc) is 2.53. The van der Waals surface area contributed by atoms with Crippen LogP contribution in [-0.4, -0.2) is 52.2 Å². The molecule has 1 amide bonds. The Kier molecular flexibility index (Phi) is 8.22. The highest BCUT2D eigenvalue weighted by Crippen LogP contribution is 2.31. The van der Waals surface area contributed by atoms with Crippen LogP contribution in [0, 0.1) is 6.92 Å². The molecule has 25 heavy (non-hydrogen) atoms. The van der Waals surface area contributed by atoms with E-state index in [0.717, 1.165) is 24.7 Å². The zero-order valence-corrected chi connectivity index (χ0v) is 16.7. The molecule has 0 unspecified atom stereocenters. The molecule has 0 aliphatic heterocycles. The van der Waals surface area contributed by atoms with Crippen molar-refractivity contribution >= 4 is 21.6 Å². The van der Waals surface area contributed by atoms with Crippen LogP contribution in [0.3, 0.4) is 0 Å². The second-order valence-corrected chi connectivity index (χ2v) is 8.05. The Labute approximate surface area is 151 Å². The van der Waals surface area contributed by atoms with Gasteiger partial charge in [-0.2, -0.15) is 0 Å². The van der Waals surface area contributed by atoms with Crippen LogP contribution in [0.25, 0.3) is 0 Å². The lowest BCUT2D eigenvalue weighted by Crippen LogP contribution is -2.37. The monoisotopic (exact) mass is 370 g/mol. The number of hydrogen-bond acceptors (Lipinski definition) is 4. The highest BCUT2D eigenvalue weighted by atomic mass is 32.2. The Morgan fingerprint density at radius 2 is 1.72 bits per heavy atom. The van der Waals surface area contributed by atoms with E-state index < -0.39 is 10.0 Å². The molecule has 0 saturated carbocycles. The number of benzene rings is 1. The van der Waals surface area contributed by atoms with Crippen LogP contribution in [0.4, 0.5) is 5.69 Å². The van der Waals surface area contributed by atoms with Gasteiger partial charge in [0, 0.05) is 26.1 Å². The van der Waals surface area contributed by atoms with Gasteiger partial charge in [-0.05, 0) is 37.5 Å². The summed E-state index contributed by atoms with van der Waals surface area (Å²) in [5, 5.41) is 0. The Morgan fingerprint density at radius 3 is 2.20 bits per heavy atom. The normalized spacial score (nSPS) is 11.2. The van der Waals surface area contributed by atoms with Crippen LogP contribution < -0.4 is 9.04 Å². The molecule has 0 atom stereocenters. The summed E-state index contributed by atoms with van der Waals surface area (Å²) in [7, 11) is -2.03. The maximum absolute atomic E-state index is 12.5. The molecule has 0 fully saturated rings. The fourth-order valence-corrected chi connectivity index (χ4v) is 3.64. The Morgan fingerprint density at radius 1 is 1.12 bits per heavy atom. The second kappa shape index (κ2) is 9.65. The van der Waals surface area contributed by atoms with Gasteiger partial charge in [0.25, 0.3) is 0 Å². The van der Waals surface area contributed by atoms with Crippen molar-refractivity contribution in [1.82, 2.24) is 4.90 Å². The van der Waals surface area contributed by atoms with E-state index in [1.54, 1.807) is 17.0 Å². The smallest absolute Gasteiger partial charge is 0.232 e. The van der Waals surface area contributed by atoms with Crippen molar-refractivity contribution in [3.63, 3.8) is 0 Å². The molecule has 0 aromatic heterocycles. The van der Waals surface area contributed by atoms with E-state index in [2.05, 4.69) is 0 Å². The highest BCUT2D eigenvalue weighted by molar-refractivity contribution is 7.92. The molecule has 0 radical (unpaired) electrons. The third-order valence-electron chi connectivity index (χ3n) is 3.87. The first-order valence-electron chi connectivity index (χ1n) is 8.64. The van der Waals surface area contributed by atoms with Crippen LogP contribution in [-0.2, 0) is 14.8 Å². The SMILES string of the molecule is CCCN(CCC)C(=O)CCN(c1cc(C)ccc1OC)S(C)(=O)=O. The summed E-state index contributed by atoms with van der Waals surface area (Å²) in [6, 6.07) is 5.36. The molecule has 142 valence electrons. The fraction of sp³-hybridized carbons (Fsp3) is 0.611. The molecule has 0 N–H and O–H groups in total. The lowest BCUT2D eigenvalue weighted by molar-refractivity contribution is -0.131. The summed E-state index contributed by atoms with van der Waals surface area (Å²) >= 11 is 0. The van der Waals surface area contributed by atoms with Gasteiger partial charge in [0.15, 0.2) is 0 Å². The largest absolute Gasteiger partial charge is 0.495 e. The molecule has 0 heterocycles. The van der Waals surface area contributed by atoms with E-state index in [1.807, 2.05) is 26.8 Å². The molecular formula is C18H30N2O4S. The molecule has 1 aromatic rings. The zero-order valence-electron chi connectivity index (χ0n) is 15.9. The van der Waals surface area contributed by atoms with Crippen LogP contribution in [0.2, 0.25) is 0 Å². The first-order valence-corrected chi connectivity index (χ1v) is 10.5. The summed E-state index contributed by atoms with van der Waals surface area (Å²) in [5.74, 6) is 0.450. The number of nitrogens with zero attached hydrogens (tertiary/aromatic N) is 2. The number of ether oxygens (including phenoxy) is 1. The van der Waals surface area contributed by atoms with Gasteiger partial charge in [0.05, 0.1) is 19.1 Å². The number of amides is 1. The topological polar surface area (TPSA) is 66.9 Å². The third-order valence-corrected chi connectivity index (χ3v) is 5.05. The van der Waals surface area contributed by atoms with Gasteiger partial charge in [-0.25, -0.2) is 8.42 Å². The maximum Gasteiger partial charge on any atom is 0.232 e. The summed E-state index contributed by atoms with van der Waals surface area (Å²) in [5.41, 5.74) is 1.39. The Balaban J connectivity index is 3.03. The van der Waals surface area contributed by atoms with Crippen molar-refractivity contribution in [3.05, 3.63) is 23.8 Å². The molecule has 0 spiro atoms. The quantitative estimate of drug-likeness (QED) is 0.635. The van der Waals surface area contributed by atoms with Gasteiger partial charge in [-0.15, -0.1) is 0 Å². The predicted molar refractivity (Wildman–Crippen MR) is 102 cm³/mol. The van der Waals surface area contributed by atoms with Crippen LogP contribution in [0.15, 0.2) is 18.2 Å². The van der Waals surface area contributed by atoms with Gasteiger partial charge in [0.2, 0.25) is 15.9 Å². The first kappa shape index (κ1) is 21.3. The zero-order chi connectivity index (χ0) is 19.0. The fourth-order valence-electron chi connectivity index (χ4n) is 2.72. The summed E-state index contributed by atoms with van der Waals surface area (Å²) < 4.78 is 31.1. The van der Waals surface area contributed by atoms with Crippen molar-refractivity contribution in [2.75, 3.05) is 37.3 Å². The minimum Gasteiger partial charge on any atom is -0.495 e. The lowest BCUT2D eigenvalue weighted by Gasteiger charge is -2.26. The van der Waals surface area contributed by atoms with Crippen molar-refractivity contribution < 1.29 is 17.9 Å². The number of methoxy groups -OCH3 is 1. The molecule has 0 bridgehead atoms. The third kappa shape index (κ3) is 6.23. The molecule has 0 aliphatic rings. The number of sulfonamides is 1. The number of anilines is 1. The second-order valence-electron chi connectivity index (χ2n) is 6.14. The molecule has 0 aliphatic carbocycles. The van der Waals surface area contributed by atoms with Gasteiger partial charge in [-0.3, -0.25) is 9.10 Å². The average molecular weight is 371 g/mol. The van der Waals surface area contributed by atoms with Crippen molar-refractivity contribution in [3.8, 4) is 5.75 Å².